The van der Waals surface area contributed by atoms with Crippen molar-refractivity contribution in [2.75, 3.05) is 32.7 Å². The standard InChI is InChI=1S/C18H32N4O2/c1-15-10-20(11-16(2)24-15)13-18(23)14-21-8-4-3-6-17(21)12-22-9-5-7-19-22/h5,7,9,15-18,23H,3-4,6,8,10-14H2,1-2H3/t15-,16-,17+,18+/m1/s1. The van der Waals surface area contributed by atoms with Gasteiger partial charge in [-0.1, -0.05) is 6.42 Å². The second-order valence-corrected chi connectivity index (χ2v) is 7.50. The number of ether oxygens (including phenoxy) is 1. The Bertz CT molecular complexity index is 471. The van der Waals surface area contributed by atoms with Gasteiger partial charge < -0.3 is 9.84 Å². The van der Waals surface area contributed by atoms with Crippen molar-refractivity contribution in [1.29, 1.82) is 0 Å². The average Bonchev–Trinajstić information content (AvgIpc) is 3.01. The number of hydrogen-bond donors (Lipinski definition) is 1. The van der Waals surface area contributed by atoms with E-state index in [0.717, 1.165) is 39.3 Å². The normalized spacial score (nSPS) is 31.2. The molecule has 3 rings (SSSR count). The lowest BCUT2D eigenvalue weighted by atomic mass is 10.0. The van der Waals surface area contributed by atoms with Crippen LogP contribution in [-0.2, 0) is 11.3 Å². The smallest absolute Gasteiger partial charge is 0.0793 e. The van der Waals surface area contributed by atoms with Crippen LogP contribution in [0.3, 0.4) is 0 Å². The van der Waals surface area contributed by atoms with Crippen LogP contribution in [0.5, 0.6) is 0 Å². The van der Waals surface area contributed by atoms with Gasteiger partial charge in [-0.05, 0) is 39.3 Å². The lowest BCUT2D eigenvalue weighted by molar-refractivity contribution is -0.0792. The molecule has 1 N–H and O–H groups in total. The van der Waals surface area contributed by atoms with E-state index in [-0.39, 0.29) is 18.3 Å². The maximum absolute atomic E-state index is 10.6. The number of likely N-dealkylation sites (tertiary alicyclic amines) is 1. The highest BCUT2D eigenvalue weighted by atomic mass is 16.5. The van der Waals surface area contributed by atoms with Gasteiger partial charge in [-0.2, -0.15) is 5.10 Å². The SMILES string of the molecule is C[C@@H]1CN(C[C@H](O)CN2CCCC[C@H]2Cn2cccn2)C[C@@H](C)O1. The number of piperidine rings is 1. The topological polar surface area (TPSA) is 53.8 Å². The van der Waals surface area contributed by atoms with Gasteiger partial charge in [0.1, 0.15) is 0 Å². The molecule has 6 heteroatoms. The molecule has 2 fully saturated rings. The first-order valence-corrected chi connectivity index (χ1v) is 9.37. The summed E-state index contributed by atoms with van der Waals surface area (Å²) in [7, 11) is 0. The highest BCUT2D eigenvalue weighted by molar-refractivity contribution is 4.84. The van der Waals surface area contributed by atoms with Crippen LogP contribution in [0.1, 0.15) is 33.1 Å². The van der Waals surface area contributed by atoms with E-state index in [1.165, 1.54) is 19.3 Å². The Morgan fingerprint density at radius 3 is 2.71 bits per heavy atom. The summed E-state index contributed by atoms with van der Waals surface area (Å²) in [5, 5.41) is 15.0. The van der Waals surface area contributed by atoms with Crippen molar-refractivity contribution in [2.24, 2.45) is 0 Å². The third-order valence-electron chi connectivity index (χ3n) is 5.12. The van der Waals surface area contributed by atoms with E-state index in [1.54, 1.807) is 0 Å². The van der Waals surface area contributed by atoms with Gasteiger partial charge in [-0.15, -0.1) is 0 Å². The summed E-state index contributed by atoms with van der Waals surface area (Å²) in [6, 6.07) is 2.46. The molecule has 6 nitrogen and oxygen atoms in total. The molecule has 0 unspecified atom stereocenters. The summed E-state index contributed by atoms with van der Waals surface area (Å²) in [5.74, 6) is 0. The third-order valence-corrected chi connectivity index (χ3v) is 5.12. The van der Waals surface area contributed by atoms with Gasteiger partial charge in [-0.25, -0.2) is 0 Å². The van der Waals surface area contributed by atoms with E-state index < -0.39 is 0 Å². The van der Waals surface area contributed by atoms with E-state index >= 15 is 0 Å². The summed E-state index contributed by atoms with van der Waals surface area (Å²) in [6.45, 7) is 9.55. The minimum Gasteiger partial charge on any atom is -0.390 e. The molecular weight excluding hydrogens is 304 g/mol. The van der Waals surface area contributed by atoms with Crippen molar-refractivity contribution in [2.45, 2.75) is 64.0 Å². The predicted molar refractivity (Wildman–Crippen MR) is 93.9 cm³/mol. The number of nitrogens with zero attached hydrogens (tertiary/aromatic N) is 4. The van der Waals surface area contributed by atoms with Crippen molar-refractivity contribution in [3.63, 3.8) is 0 Å². The van der Waals surface area contributed by atoms with E-state index in [1.807, 2.05) is 23.1 Å². The maximum atomic E-state index is 10.6. The molecule has 2 aliphatic heterocycles. The van der Waals surface area contributed by atoms with Gasteiger partial charge in [0, 0.05) is 44.6 Å². The molecule has 4 atom stereocenters. The molecule has 0 spiro atoms. The van der Waals surface area contributed by atoms with Crippen molar-refractivity contribution >= 4 is 0 Å². The highest BCUT2D eigenvalue weighted by Crippen LogP contribution is 2.19. The second-order valence-electron chi connectivity index (χ2n) is 7.50. The molecule has 0 bridgehead atoms. The van der Waals surface area contributed by atoms with Gasteiger partial charge in [0.15, 0.2) is 0 Å². The molecule has 0 saturated carbocycles. The Balaban J connectivity index is 1.50. The minimum atomic E-state index is -0.305. The fourth-order valence-corrected chi connectivity index (χ4v) is 4.19. The number of morpholine rings is 1. The van der Waals surface area contributed by atoms with Gasteiger partial charge in [0.25, 0.3) is 0 Å². The summed E-state index contributed by atoms with van der Waals surface area (Å²) < 4.78 is 7.79. The van der Waals surface area contributed by atoms with Crippen LogP contribution in [0.2, 0.25) is 0 Å². The zero-order valence-electron chi connectivity index (χ0n) is 15.0. The number of β-amino-alcohol motifs (C(OH)–C–C–N with tert-alkyl or cyclic N) is 1. The van der Waals surface area contributed by atoms with Gasteiger partial charge in [0.2, 0.25) is 0 Å². The van der Waals surface area contributed by atoms with E-state index in [9.17, 15) is 5.11 Å². The Kier molecular flexibility index (Phi) is 6.27. The van der Waals surface area contributed by atoms with Crippen LogP contribution in [0.4, 0.5) is 0 Å². The number of rotatable bonds is 6. The van der Waals surface area contributed by atoms with Crippen molar-refractivity contribution in [3.05, 3.63) is 18.5 Å². The summed E-state index contributed by atoms with van der Waals surface area (Å²) in [4.78, 5) is 4.80. The molecule has 24 heavy (non-hydrogen) atoms. The first kappa shape index (κ1) is 17.9. The first-order valence-electron chi connectivity index (χ1n) is 9.37. The molecule has 136 valence electrons. The number of aromatic nitrogens is 2. The molecule has 2 saturated heterocycles. The van der Waals surface area contributed by atoms with Crippen molar-refractivity contribution < 1.29 is 9.84 Å². The number of aliphatic hydroxyl groups is 1. The summed E-state index contributed by atoms with van der Waals surface area (Å²) >= 11 is 0. The molecule has 1 aromatic rings. The van der Waals surface area contributed by atoms with Gasteiger partial charge >= 0.3 is 0 Å². The zero-order valence-corrected chi connectivity index (χ0v) is 15.0. The van der Waals surface area contributed by atoms with Crippen LogP contribution in [0.25, 0.3) is 0 Å². The Hall–Kier alpha value is -0.950. The second kappa shape index (κ2) is 8.43. The molecule has 0 amide bonds. The third kappa shape index (κ3) is 5.02. The highest BCUT2D eigenvalue weighted by Gasteiger charge is 2.28. The molecular formula is C18H32N4O2. The summed E-state index contributed by atoms with van der Waals surface area (Å²) in [6.07, 6.45) is 7.76. The molecule has 3 heterocycles. The van der Waals surface area contributed by atoms with Crippen molar-refractivity contribution in [3.8, 4) is 0 Å². The molecule has 0 radical (unpaired) electrons. The molecule has 0 aliphatic carbocycles. The summed E-state index contributed by atoms with van der Waals surface area (Å²) in [5.41, 5.74) is 0. The monoisotopic (exact) mass is 336 g/mol. The van der Waals surface area contributed by atoms with E-state index in [2.05, 4.69) is 28.7 Å². The van der Waals surface area contributed by atoms with E-state index in [4.69, 9.17) is 4.74 Å². The first-order chi connectivity index (χ1) is 11.6. The van der Waals surface area contributed by atoms with Crippen LogP contribution in [0.15, 0.2) is 18.5 Å². The largest absolute Gasteiger partial charge is 0.390 e. The lowest BCUT2D eigenvalue weighted by Crippen LogP contribution is -2.51. The predicted octanol–water partition coefficient (Wildman–Crippen LogP) is 1.21. The van der Waals surface area contributed by atoms with E-state index in [0.29, 0.717) is 6.04 Å². The molecule has 1 aromatic heterocycles. The maximum Gasteiger partial charge on any atom is 0.0793 e. The lowest BCUT2D eigenvalue weighted by Gasteiger charge is -2.39. The number of aliphatic hydroxyl groups excluding tert-OH is 1. The molecule has 0 aromatic carbocycles. The van der Waals surface area contributed by atoms with Gasteiger partial charge in [0.05, 0.1) is 24.9 Å². The Labute approximate surface area is 145 Å². The molecule has 2 aliphatic rings. The average molecular weight is 336 g/mol. The van der Waals surface area contributed by atoms with Gasteiger partial charge in [-0.3, -0.25) is 14.5 Å². The van der Waals surface area contributed by atoms with Crippen molar-refractivity contribution in [1.82, 2.24) is 19.6 Å². The quantitative estimate of drug-likeness (QED) is 0.846. The fourth-order valence-electron chi connectivity index (χ4n) is 4.19. The Morgan fingerprint density at radius 2 is 2.00 bits per heavy atom. The van der Waals surface area contributed by atoms with Crippen LogP contribution in [0, 0.1) is 0 Å². The minimum absolute atomic E-state index is 0.253. The van der Waals surface area contributed by atoms with Crippen LogP contribution in [-0.4, -0.2) is 81.8 Å². The van der Waals surface area contributed by atoms with Crippen LogP contribution >= 0.6 is 0 Å². The Morgan fingerprint density at radius 1 is 1.21 bits per heavy atom. The fraction of sp³-hybridized carbons (Fsp3) is 0.833. The zero-order chi connectivity index (χ0) is 16.9. The van der Waals surface area contributed by atoms with Crippen LogP contribution < -0.4 is 0 Å². The number of hydrogen-bond acceptors (Lipinski definition) is 5.